The Morgan fingerprint density at radius 2 is 1.81 bits per heavy atom. The Bertz CT molecular complexity index is 1140. The van der Waals surface area contributed by atoms with E-state index >= 15 is 0 Å². The van der Waals surface area contributed by atoms with Gasteiger partial charge in [-0.25, -0.2) is 4.79 Å². The van der Waals surface area contributed by atoms with E-state index in [1.165, 1.54) is 0 Å². The predicted octanol–water partition coefficient (Wildman–Crippen LogP) is 4.44. The smallest absolute Gasteiger partial charge is 0.326 e. The molecule has 0 radical (unpaired) electrons. The van der Waals surface area contributed by atoms with Crippen molar-refractivity contribution in [3.05, 3.63) is 88.3 Å². The first-order valence-electron chi connectivity index (χ1n) is 8.82. The predicted molar refractivity (Wildman–Crippen MR) is 109 cm³/mol. The maximum absolute atomic E-state index is 12.5. The number of nitrogens with zero attached hydrogens (tertiary/aromatic N) is 1. The first-order chi connectivity index (χ1) is 13.1. The molecule has 4 aromatic rings. The Kier molecular flexibility index (Phi) is 4.42. The molecule has 0 saturated heterocycles. The number of aryl methyl sites for hydroxylation is 1. The number of anilines is 2. The largest absolute Gasteiger partial charge is 0.496 e. The molecule has 0 unspecified atom stereocenters. The number of hydrogen-bond acceptors (Lipinski definition) is 3. The van der Waals surface area contributed by atoms with E-state index in [-0.39, 0.29) is 5.69 Å². The summed E-state index contributed by atoms with van der Waals surface area (Å²) in [4.78, 5) is 15.4. The van der Waals surface area contributed by atoms with Crippen LogP contribution in [0.4, 0.5) is 11.4 Å². The zero-order chi connectivity index (χ0) is 18.8. The number of H-pyrrole nitrogens is 1. The molecule has 0 amide bonds. The first kappa shape index (κ1) is 17.0. The van der Waals surface area contributed by atoms with E-state index in [1.807, 2.05) is 73.7 Å². The molecule has 0 bridgehead atoms. The van der Waals surface area contributed by atoms with Crippen molar-refractivity contribution in [2.45, 2.75) is 13.5 Å². The Morgan fingerprint density at radius 3 is 2.59 bits per heavy atom. The molecule has 0 aliphatic heterocycles. The molecular formula is C22H21N3O2. The molecule has 0 spiro atoms. The minimum atomic E-state index is -0.124. The second-order valence-electron chi connectivity index (χ2n) is 6.54. The van der Waals surface area contributed by atoms with Crippen LogP contribution in [0.15, 0.2) is 71.5 Å². The van der Waals surface area contributed by atoms with E-state index in [0.717, 1.165) is 39.3 Å². The molecule has 4 rings (SSSR count). The molecule has 27 heavy (non-hydrogen) atoms. The fraction of sp³-hybridized carbons (Fsp3) is 0.136. The van der Waals surface area contributed by atoms with Crippen molar-refractivity contribution in [1.29, 1.82) is 0 Å². The van der Waals surface area contributed by atoms with Gasteiger partial charge in [-0.2, -0.15) is 0 Å². The Morgan fingerprint density at radius 1 is 1.00 bits per heavy atom. The number of rotatable bonds is 5. The number of imidazole rings is 1. The summed E-state index contributed by atoms with van der Waals surface area (Å²) in [6.45, 7) is 2.49. The van der Waals surface area contributed by atoms with E-state index in [9.17, 15) is 4.79 Å². The molecule has 1 heterocycles. The van der Waals surface area contributed by atoms with Gasteiger partial charge in [0.05, 0.1) is 24.7 Å². The van der Waals surface area contributed by atoms with Crippen LogP contribution < -0.4 is 15.7 Å². The number of aromatic amines is 1. The van der Waals surface area contributed by atoms with Gasteiger partial charge in [-0.15, -0.1) is 0 Å². The van der Waals surface area contributed by atoms with Crippen molar-refractivity contribution in [1.82, 2.24) is 9.55 Å². The number of ether oxygens (including phenoxy) is 1. The van der Waals surface area contributed by atoms with Gasteiger partial charge in [-0.3, -0.25) is 4.57 Å². The van der Waals surface area contributed by atoms with E-state index in [4.69, 9.17) is 4.74 Å². The number of fused-ring (bicyclic) bond motifs is 1. The topological polar surface area (TPSA) is 59.0 Å². The lowest BCUT2D eigenvalue weighted by Crippen LogP contribution is -2.17. The van der Waals surface area contributed by atoms with Crippen LogP contribution in [0, 0.1) is 6.92 Å². The van der Waals surface area contributed by atoms with Gasteiger partial charge in [0.15, 0.2) is 0 Å². The minimum Gasteiger partial charge on any atom is -0.496 e. The number of hydrogen-bond donors (Lipinski definition) is 2. The van der Waals surface area contributed by atoms with Gasteiger partial charge in [-0.05, 0) is 54.4 Å². The summed E-state index contributed by atoms with van der Waals surface area (Å²) >= 11 is 0. The van der Waals surface area contributed by atoms with Crippen molar-refractivity contribution >= 4 is 22.4 Å². The highest BCUT2D eigenvalue weighted by molar-refractivity contribution is 5.81. The van der Waals surface area contributed by atoms with Crippen molar-refractivity contribution in [3.8, 4) is 5.75 Å². The Hall–Kier alpha value is -3.47. The molecule has 5 heteroatoms. The van der Waals surface area contributed by atoms with Crippen molar-refractivity contribution in [3.63, 3.8) is 0 Å². The van der Waals surface area contributed by atoms with Gasteiger partial charge in [0.2, 0.25) is 0 Å². The van der Waals surface area contributed by atoms with Crippen LogP contribution in [0.25, 0.3) is 11.0 Å². The molecule has 2 N–H and O–H groups in total. The summed E-state index contributed by atoms with van der Waals surface area (Å²) in [5.74, 6) is 0.828. The van der Waals surface area contributed by atoms with Crippen LogP contribution in [0.5, 0.6) is 5.75 Å². The van der Waals surface area contributed by atoms with Crippen LogP contribution in [0.3, 0.4) is 0 Å². The van der Waals surface area contributed by atoms with Gasteiger partial charge in [0.25, 0.3) is 0 Å². The quantitative estimate of drug-likeness (QED) is 0.554. The highest BCUT2D eigenvalue weighted by atomic mass is 16.5. The Labute approximate surface area is 157 Å². The SMILES string of the molecule is COc1cc(Cn2c(=O)[nH]c3cc(Nc4ccccc4)ccc32)ccc1C. The summed E-state index contributed by atoms with van der Waals surface area (Å²) in [6, 6.07) is 21.9. The van der Waals surface area contributed by atoms with Crippen LogP contribution in [0.2, 0.25) is 0 Å². The highest BCUT2D eigenvalue weighted by Crippen LogP contribution is 2.23. The van der Waals surface area contributed by atoms with Gasteiger partial charge in [0.1, 0.15) is 5.75 Å². The molecular weight excluding hydrogens is 338 g/mol. The lowest BCUT2D eigenvalue weighted by molar-refractivity contribution is 0.411. The zero-order valence-corrected chi connectivity index (χ0v) is 15.3. The monoisotopic (exact) mass is 359 g/mol. The molecule has 1 aromatic heterocycles. The van der Waals surface area contributed by atoms with Crippen molar-refractivity contribution < 1.29 is 4.74 Å². The summed E-state index contributed by atoms with van der Waals surface area (Å²) in [6.07, 6.45) is 0. The van der Waals surface area contributed by atoms with Crippen LogP contribution in [-0.4, -0.2) is 16.7 Å². The third-order valence-corrected chi connectivity index (χ3v) is 4.65. The second-order valence-corrected chi connectivity index (χ2v) is 6.54. The fourth-order valence-corrected chi connectivity index (χ4v) is 3.23. The molecule has 3 aromatic carbocycles. The summed E-state index contributed by atoms with van der Waals surface area (Å²) < 4.78 is 7.13. The molecule has 0 aliphatic rings. The van der Waals surface area contributed by atoms with Crippen LogP contribution in [-0.2, 0) is 6.54 Å². The fourth-order valence-electron chi connectivity index (χ4n) is 3.23. The molecule has 0 atom stereocenters. The van der Waals surface area contributed by atoms with Gasteiger partial charge in [-0.1, -0.05) is 30.3 Å². The van der Waals surface area contributed by atoms with Gasteiger partial charge >= 0.3 is 5.69 Å². The number of methoxy groups -OCH3 is 1. The summed E-state index contributed by atoms with van der Waals surface area (Å²) in [7, 11) is 1.66. The second kappa shape index (κ2) is 7.03. The van der Waals surface area contributed by atoms with Gasteiger partial charge in [0, 0.05) is 11.4 Å². The van der Waals surface area contributed by atoms with E-state index in [2.05, 4.69) is 10.3 Å². The molecule has 5 nitrogen and oxygen atoms in total. The maximum Gasteiger partial charge on any atom is 0.326 e. The van der Waals surface area contributed by atoms with Crippen molar-refractivity contribution in [2.24, 2.45) is 0 Å². The molecule has 0 saturated carbocycles. The van der Waals surface area contributed by atoms with E-state index in [0.29, 0.717) is 6.54 Å². The van der Waals surface area contributed by atoms with Gasteiger partial charge < -0.3 is 15.0 Å². The van der Waals surface area contributed by atoms with E-state index < -0.39 is 0 Å². The third-order valence-electron chi connectivity index (χ3n) is 4.65. The lowest BCUT2D eigenvalue weighted by Gasteiger charge is -2.09. The Balaban J connectivity index is 1.66. The van der Waals surface area contributed by atoms with Crippen LogP contribution >= 0.6 is 0 Å². The van der Waals surface area contributed by atoms with Crippen molar-refractivity contribution in [2.75, 3.05) is 12.4 Å². The number of benzene rings is 3. The van der Waals surface area contributed by atoms with E-state index in [1.54, 1.807) is 11.7 Å². The average Bonchev–Trinajstić information content (AvgIpc) is 2.98. The van der Waals surface area contributed by atoms with Crippen LogP contribution in [0.1, 0.15) is 11.1 Å². The summed E-state index contributed by atoms with van der Waals surface area (Å²) in [5, 5.41) is 3.35. The maximum atomic E-state index is 12.5. The third kappa shape index (κ3) is 3.44. The number of nitrogens with one attached hydrogen (secondary N) is 2. The standard InChI is InChI=1S/C22H21N3O2/c1-15-8-9-16(12-21(15)27-2)14-25-20-11-10-18(13-19(20)24-22(25)26)23-17-6-4-3-5-7-17/h3-13,23H,14H2,1-2H3,(H,24,26). The minimum absolute atomic E-state index is 0.124. The first-order valence-corrected chi connectivity index (χ1v) is 8.82. The lowest BCUT2D eigenvalue weighted by atomic mass is 10.1. The molecule has 0 aliphatic carbocycles. The molecule has 136 valence electrons. The number of aromatic nitrogens is 2. The average molecular weight is 359 g/mol. The zero-order valence-electron chi connectivity index (χ0n) is 15.3. The summed E-state index contributed by atoms with van der Waals surface area (Å²) in [5.41, 5.74) is 5.58. The molecule has 0 fully saturated rings. The number of para-hydroxylation sites is 1. The normalized spacial score (nSPS) is 10.9. The highest BCUT2D eigenvalue weighted by Gasteiger charge is 2.09.